The lowest BCUT2D eigenvalue weighted by molar-refractivity contribution is 0.512. The van der Waals surface area contributed by atoms with Crippen LogP contribution in [0, 0.1) is 11.6 Å². The third kappa shape index (κ3) is 3.95. The van der Waals surface area contributed by atoms with Gasteiger partial charge in [0.1, 0.15) is 11.6 Å². The second-order valence-electron chi connectivity index (χ2n) is 4.57. The smallest absolute Gasteiger partial charge is 0.143 e. The van der Waals surface area contributed by atoms with Crippen LogP contribution in [0.5, 0.6) is 0 Å². The number of hydrogen-bond acceptors (Lipinski definition) is 1. The minimum Gasteiger partial charge on any atom is -0.313 e. The average molecular weight is 395 g/mol. The van der Waals surface area contributed by atoms with Gasteiger partial charge in [-0.05, 0) is 65.3 Å². The van der Waals surface area contributed by atoms with E-state index in [4.69, 9.17) is 23.2 Å². The van der Waals surface area contributed by atoms with Gasteiger partial charge in [0.25, 0.3) is 0 Å². The van der Waals surface area contributed by atoms with Gasteiger partial charge in [-0.15, -0.1) is 0 Å². The summed E-state index contributed by atoms with van der Waals surface area (Å²) >= 11 is 15.0. The fraction of sp³-hybridized carbons (Fsp3) is 0.200. The van der Waals surface area contributed by atoms with Gasteiger partial charge in [-0.1, -0.05) is 23.2 Å². The van der Waals surface area contributed by atoms with Gasteiger partial charge in [0.2, 0.25) is 0 Å². The van der Waals surface area contributed by atoms with E-state index in [-0.39, 0.29) is 22.5 Å². The summed E-state index contributed by atoms with van der Waals surface area (Å²) in [6.07, 6.45) is 0.143. The Hall–Kier alpha value is -0.680. The monoisotopic (exact) mass is 393 g/mol. The van der Waals surface area contributed by atoms with E-state index < -0.39 is 11.6 Å². The van der Waals surface area contributed by atoms with Crippen LogP contribution in [0.15, 0.2) is 34.8 Å². The Morgan fingerprint density at radius 1 is 1.14 bits per heavy atom. The molecular weight excluding hydrogens is 383 g/mol. The fourth-order valence-corrected chi connectivity index (χ4v) is 3.04. The maximum atomic E-state index is 14.1. The highest BCUT2D eigenvalue weighted by Gasteiger charge is 2.18. The first kappa shape index (κ1) is 16.7. The van der Waals surface area contributed by atoms with Crippen LogP contribution in [0.1, 0.15) is 17.2 Å². The summed E-state index contributed by atoms with van der Waals surface area (Å²) in [5, 5.41) is 3.99. The van der Waals surface area contributed by atoms with Crippen molar-refractivity contribution in [2.75, 3.05) is 7.05 Å². The molecule has 112 valence electrons. The predicted octanol–water partition coefficient (Wildman–Crippen LogP) is 5.54. The zero-order chi connectivity index (χ0) is 15.6. The molecule has 21 heavy (non-hydrogen) atoms. The van der Waals surface area contributed by atoms with Gasteiger partial charge >= 0.3 is 0 Å². The molecular formula is C15H12BrCl2F2N. The van der Waals surface area contributed by atoms with Gasteiger partial charge in [0.15, 0.2) is 0 Å². The van der Waals surface area contributed by atoms with E-state index in [9.17, 15) is 8.78 Å². The zero-order valence-corrected chi connectivity index (χ0v) is 14.2. The van der Waals surface area contributed by atoms with Crippen LogP contribution in [0.25, 0.3) is 0 Å². The third-order valence-corrected chi connectivity index (χ3v) is 4.23. The standard InChI is InChI=1S/C15H12BrCl2F2N/c1-21-14(8-4-9(17)6-10(18)5-8)7-11-13(19)3-2-12(16)15(11)20/h2-6,14,21H,7H2,1H3. The van der Waals surface area contributed by atoms with Gasteiger partial charge in [-0.25, -0.2) is 8.78 Å². The van der Waals surface area contributed by atoms with Gasteiger partial charge in [-0.2, -0.15) is 0 Å². The molecule has 1 nitrogen and oxygen atoms in total. The first-order valence-electron chi connectivity index (χ1n) is 6.18. The van der Waals surface area contributed by atoms with Crippen molar-refractivity contribution in [3.05, 3.63) is 67.6 Å². The molecule has 0 saturated heterocycles. The van der Waals surface area contributed by atoms with Gasteiger partial charge < -0.3 is 5.32 Å². The average Bonchev–Trinajstić information content (AvgIpc) is 2.42. The minimum absolute atomic E-state index is 0.0137. The Kier molecular flexibility index (Phi) is 5.60. The van der Waals surface area contributed by atoms with E-state index in [1.54, 1.807) is 25.2 Å². The second kappa shape index (κ2) is 7.05. The topological polar surface area (TPSA) is 12.0 Å². The molecule has 0 aliphatic heterocycles. The van der Waals surface area contributed by atoms with Crippen LogP contribution in [0.2, 0.25) is 10.0 Å². The lowest BCUT2D eigenvalue weighted by Crippen LogP contribution is -2.20. The molecule has 2 aromatic rings. The summed E-state index contributed by atoms with van der Waals surface area (Å²) in [6, 6.07) is 7.34. The van der Waals surface area contributed by atoms with Crippen molar-refractivity contribution in [2.24, 2.45) is 0 Å². The molecule has 1 atom stereocenters. The summed E-state index contributed by atoms with van der Waals surface area (Å²) in [7, 11) is 1.72. The number of hydrogen-bond donors (Lipinski definition) is 1. The lowest BCUT2D eigenvalue weighted by atomic mass is 9.98. The van der Waals surface area contributed by atoms with Crippen LogP contribution >= 0.6 is 39.1 Å². The van der Waals surface area contributed by atoms with E-state index in [1.807, 2.05) is 0 Å². The van der Waals surface area contributed by atoms with Crippen molar-refractivity contribution in [3.8, 4) is 0 Å². The molecule has 0 aromatic heterocycles. The molecule has 0 aliphatic rings. The number of benzene rings is 2. The van der Waals surface area contributed by atoms with Gasteiger partial charge in [0.05, 0.1) is 4.47 Å². The number of nitrogens with one attached hydrogen (secondary N) is 1. The van der Waals surface area contributed by atoms with Crippen molar-refractivity contribution >= 4 is 39.1 Å². The van der Waals surface area contributed by atoms with Crippen molar-refractivity contribution in [2.45, 2.75) is 12.5 Å². The first-order valence-corrected chi connectivity index (χ1v) is 7.73. The highest BCUT2D eigenvalue weighted by Crippen LogP contribution is 2.29. The maximum Gasteiger partial charge on any atom is 0.143 e. The van der Waals surface area contributed by atoms with Crippen LogP contribution in [-0.4, -0.2) is 7.05 Å². The fourth-order valence-electron chi connectivity index (χ4n) is 2.12. The Bertz CT molecular complexity index is 644. The SMILES string of the molecule is CNC(Cc1c(F)ccc(Br)c1F)c1cc(Cl)cc(Cl)c1. The van der Waals surface area contributed by atoms with Crippen LogP contribution < -0.4 is 5.32 Å². The Labute approximate surface area is 140 Å². The summed E-state index contributed by atoms with van der Waals surface area (Å²) in [4.78, 5) is 0. The van der Waals surface area contributed by atoms with Crippen molar-refractivity contribution in [3.63, 3.8) is 0 Å². The van der Waals surface area contributed by atoms with E-state index in [0.717, 1.165) is 5.56 Å². The summed E-state index contributed by atoms with van der Waals surface area (Å²) in [5.41, 5.74) is 0.786. The lowest BCUT2D eigenvalue weighted by Gasteiger charge is -2.18. The van der Waals surface area contributed by atoms with E-state index >= 15 is 0 Å². The number of halogens is 5. The van der Waals surface area contributed by atoms with Gasteiger partial charge in [0, 0.05) is 21.7 Å². The minimum atomic E-state index is -0.594. The molecule has 0 fully saturated rings. The van der Waals surface area contributed by atoms with Crippen molar-refractivity contribution in [1.29, 1.82) is 0 Å². The second-order valence-corrected chi connectivity index (χ2v) is 6.30. The maximum absolute atomic E-state index is 14.1. The molecule has 2 rings (SSSR count). The molecule has 0 amide bonds. The molecule has 0 radical (unpaired) electrons. The summed E-state index contributed by atoms with van der Waals surface area (Å²) < 4.78 is 28.2. The van der Waals surface area contributed by atoms with Crippen LogP contribution in [-0.2, 0) is 6.42 Å². The molecule has 0 spiro atoms. The van der Waals surface area contributed by atoms with E-state index in [1.165, 1.54) is 12.1 Å². The predicted molar refractivity (Wildman–Crippen MR) is 86.0 cm³/mol. The number of rotatable bonds is 4. The normalized spacial score (nSPS) is 12.5. The van der Waals surface area contributed by atoms with Crippen LogP contribution in [0.3, 0.4) is 0 Å². The van der Waals surface area contributed by atoms with Crippen molar-refractivity contribution in [1.82, 2.24) is 5.32 Å². The van der Waals surface area contributed by atoms with E-state index in [2.05, 4.69) is 21.2 Å². The molecule has 1 unspecified atom stereocenters. The summed E-state index contributed by atoms with van der Waals surface area (Å²) in [5.74, 6) is -1.17. The molecule has 1 N–H and O–H groups in total. The van der Waals surface area contributed by atoms with E-state index in [0.29, 0.717) is 10.0 Å². The zero-order valence-electron chi connectivity index (χ0n) is 11.1. The molecule has 6 heteroatoms. The Morgan fingerprint density at radius 3 is 2.33 bits per heavy atom. The first-order chi connectivity index (χ1) is 9.92. The molecule has 2 aromatic carbocycles. The molecule has 0 bridgehead atoms. The highest BCUT2D eigenvalue weighted by atomic mass is 79.9. The largest absolute Gasteiger partial charge is 0.313 e. The molecule has 0 aliphatic carbocycles. The Morgan fingerprint density at radius 2 is 1.76 bits per heavy atom. The third-order valence-electron chi connectivity index (χ3n) is 3.18. The van der Waals surface area contributed by atoms with Crippen LogP contribution in [0.4, 0.5) is 8.78 Å². The Balaban J connectivity index is 2.38. The quantitative estimate of drug-likeness (QED) is 0.671. The van der Waals surface area contributed by atoms with Crippen molar-refractivity contribution < 1.29 is 8.78 Å². The molecule has 0 heterocycles. The number of likely N-dealkylation sites (N-methyl/N-ethyl adjacent to an activating group) is 1. The van der Waals surface area contributed by atoms with Gasteiger partial charge in [-0.3, -0.25) is 0 Å². The molecule has 0 saturated carbocycles. The summed E-state index contributed by atoms with van der Waals surface area (Å²) in [6.45, 7) is 0. The highest BCUT2D eigenvalue weighted by molar-refractivity contribution is 9.10.